The average molecular weight is 281 g/mol. The Balaban J connectivity index is 2.68. The molecule has 1 N–H and O–H groups in total. The van der Waals surface area contributed by atoms with Gasteiger partial charge >= 0.3 is 0 Å². The van der Waals surface area contributed by atoms with Gasteiger partial charge in [0.15, 0.2) is 0 Å². The highest BCUT2D eigenvalue weighted by Crippen LogP contribution is 2.19. The van der Waals surface area contributed by atoms with Crippen LogP contribution in [0.5, 0.6) is 0 Å². The molecule has 0 aliphatic carbocycles. The van der Waals surface area contributed by atoms with Crippen molar-refractivity contribution in [2.45, 2.75) is 40.2 Å². The van der Waals surface area contributed by atoms with Crippen LogP contribution in [-0.2, 0) is 10.8 Å². The number of benzene rings is 1. The summed E-state index contributed by atoms with van der Waals surface area (Å²) in [5.41, 5.74) is 2.55. The smallest absolute Gasteiger partial charge is 0.0439 e. The Kier molecular flexibility index (Phi) is 7.32. The molecule has 0 heterocycles. The second-order valence-corrected chi connectivity index (χ2v) is 7.08. The van der Waals surface area contributed by atoms with Crippen molar-refractivity contribution in [2.75, 3.05) is 18.1 Å². The first-order chi connectivity index (χ1) is 9.04. The first kappa shape index (κ1) is 16.4. The molecule has 2 unspecified atom stereocenters. The van der Waals surface area contributed by atoms with Crippen LogP contribution in [0.2, 0.25) is 0 Å². The molecule has 2 atom stereocenters. The van der Waals surface area contributed by atoms with E-state index < -0.39 is 10.8 Å². The minimum absolute atomic E-state index is 0.208. The second kappa shape index (κ2) is 8.49. The summed E-state index contributed by atoms with van der Waals surface area (Å²) >= 11 is 0. The molecule has 1 rings (SSSR count). The summed E-state index contributed by atoms with van der Waals surface area (Å²) in [6.45, 7) is 9.49. The van der Waals surface area contributed by atoms with Crippen LogP contribution in [0.4, 0.5) is 0 Å². The molecule has 0 aliphatic rings. The summed E-state index contributed by atoms with van der Waals surface area (Å²) in [4.78, 5) is 0. The second-order valence-electron chi connectivity index (χ2n) is 5.46. The van der Waals surface area contributed by atoms with Crippen LogP contribution in [0.1, 0.15) is 44.4 Å². The molecule has 0 aromatic heterocycles. The third-order valence-corrected chi connectivity index (χ3v) is 4.69. The fraction of sp³-hybridized carbons (Fsp3) is 0.625. The van der Waals surface area contributed by atoms with Crippen molar-refractivity contribution in [3.63, 3.8) is 0 Å². The van der Waals surface area contributed by atoms with Crippen LogP contribution in [0.3, 0.4) is 0 Å². The lowest BCUT2D eigenvalue weighted by Crippen LogP contribution is -2.27. The Bertz CT molecular complexity index is 403. The lowest BCUT2D eigenvalue weighted by atomic mass is 10.0. The molecule has 0 spiro atoms. The van der Waals surface area contributed by atoms with Gasteiger partial charge in [-0.1, -0.05) is 45.0 Å². The Morgan fingerprint density at radius 1 is 1.26 bits per heavy atom. The molecular weight excluding hydrogens is 254 g/mol. The van der Waals surface area contributed by atoms with Gasteiger partial charge in [-0.15, -0.1) is 0 Å². The fourth-order valence-electron chi connectivity index (χ4n) is 2.12. The van der Waals surface area contributed by atoms with Crippen molar-refractivity contribution < 1.29 is 4.21 Å². The van der Waals surface area contributed by atoms with Crippen molar-refractivity contribution in [1.29, 1.82) is 0 Å². The highest BCUT2D eigenvalue weighted by molar-refractivity contribution is 7.85. The molecule has 0 radical (unpaired) electrons. The summed E-state index contributed by atoms with van der Waals surface area (Å²) in [7, 11) is -0.743. The van der Waals surface area contributed by atoms with Gasteiger partial charge in [-0.05, 0) is 36.9 Å². The van der Waals surface area contributed by atoms with Crippen LogP contribution in [0, 0.1) is 12.8 Å². The van der Waals surface area contributed by atoms with E-state index in [-0.39, 0.29) is 6.04 Å². The van der Waals surface area contributed by atoms with Gasteiger partial charge in [0.05, 0.1) is 0 Å². The molecule has 0 aliphatic heterocycles. The van der Waals surface area contributed by atoms with Gasteiger partial charge in [-0.25, -0.2) is 0 Å². The average Bonchev–Trinajstić information content (AvgIpc) is 2.36. The number of nitrogens with one attached hydrogen (secondary N) is 1. The predicted octanol–water partition coefficient (Wildman–Crippen LogP) is 3.44. The van der Waals surface area contributed by atoms with Crippen molar-refractivity contribution in [2.24, 2.45) is 5.92 Å². The summed E-state index contributed by atoms with van der Waals surface area (Å²) in [5, 5.41) is 3.47. The van der Waals surface area contributed by atoms with Crippen molar-refractivity contribution in [3.8, 4) is 0 Å². The largest absolute Gasteiger partial charge is 0.309 e. The highest BCUT2D eigenvalue weighted by Gasteiger charge is 2.15. The van der Waals surface area contributed by atoms with Crippen LogP contribution >= 0.6 is 0 Å². The molecule has 19 heavy (non-hydrogen) atoms. The van der Waals surface area contributed by atoms with E-state index in [2.05, 4.69) is 57.3 Å². The zero-order valence-electron chi connectivity index (χ0n) is 12.6. The normalized spacial score (nSPS) is 14.6. The topological polar surface area (TPSA) is 29.1 Å². The molecular formula is C16H27NOS. The monoisotopic (exact) mass is 281 g/mol. The van der Waals surface area contributed by atoms with Gasteiger partial charge in [-0.3, -0.25) is 4.21 Å². The minimum atomic E-state index is -0.743. The summed E-state index contributed by atoms with van der Waals surface area (Å²) in [5.74, 6) is 2.15. The molecule has 0 amide bonds. The number of aryl methyl sites for hydroxylation is 1. The van der Waals surface area contributed by atoms with E-state index in [1.165, 1.54) is 11.1 Å². The van der Waals surface area contributed by atoms with Gasteiger partial charge in [0, 0.05) is 28.3 Å². The molecule has 0 saturated carbocycles. The van der Waals surface area contributed by atoms with E-state index in [0.717, 1.165) is 18.7 Å². The van der Waals surface area contributed by atoms with Crippen LogP contribution < -0.4 is 5.32 Å². The Morgan fingerprint density at radius 2 is 1.95 bits per heavy atom. The predicted molar refractivity (Wildman–Crippen MR) is 84.9 cm³/mol. The Labute approximate surface area is 120 Å². The highest BCUT2D eigenvalue weighted by atomic mass is 32.2. The standard InChI is InChI=1S/C16H27NOS/c1-5-17-16(12-19(18)11-10-13(2)3)15-9-7-6-8-14(15)4/h6-9,13,16-17H,5,10-12H2,1-4H3. The third kappa shape index (κ3) is 5.87. The molecule has 0 saturated heterocycles. The fourth-order valence-corrected chi connectivity index (χ4v) is 3.69. The Morgan fingerprint density at radius 3 is 2.53 bits per heavy atom. The number of hydrogen-bond acceptors (Lipinski definition) is 2. The minimum Gasteiger partial charge on any atom is -0.309 e. The summed E-state index contributed by atoms with van der Waals surface area (Å²) in [6, 6.07) is 8.58. The SMILES string of the molecule is CCNC(CS(=O)CCC(C)C)c1ccccc1C. The van der Waals surface area contributed by atoms with E-state index in [0.29, 0.717) is 11.7 Å². The number of hydrogen-bond donors (Lipinski definition) is 1. The lowest BCUT2D eigenvalue weighted by molar-refractivity contribution is 0.585. The number of rotatable bonds is 8. The van der Waals surface area contributed by atoms with Crippen LogP contribution in [0.15, 0.2) is 24.3 Å². The van der Waals surface area contributed by atoms with Crippen molar-refractivity contribution >= 4 is 10.8 Å². The van der Waals surface area contributed by atoms with Gasteiger partial charge in [0.2, 0.25) is 0 Å². The molecule has 1 aromatic carbocycles. The maximum Gasteiger partial charge on any atom is 0.0439 e. The zero-order valence-corrected chi connectivity index (χ0v) is 13.4. The van der Waals surface area contributed by atoms with E-state index >= 15 is 0 Å². The zero-order chi connectivity index (χ0) is 14.3. The molecule has 0 fully saturated rings. The first-order valence-corrected chi connectivity index (χ1v) is 8.67. The van der Waals surface area contributed by atoms with Crippen LogP contribution in [0.25, 0.3) is 0 Å². The van der Waals surface area contributed by atoms with E-state index in [1.807, 2.05) is 0 Å². The molecule has 2 nitrogen and oxygen atoms in total. The van der Waals surface area contributed by atoms with Gasteiger partial charge in [0.1, 0.15) is 0 Å². The van der Waals surface area contributed by atoms with Gasteiger partial charge < -0.3 is 5.32 Å². The van der Waals surface area contributed by atoms with Crippen molar-refractivity contribution in [3.05, 3.63) is 35.4 Å². The Hall–Kier alpha value is -0.670. The molecule has 108 valence electrons. The summed E-state index contributed by atoms with van der Waals surface area (Å²) < 4.78 is 12.2. The van der Waals surface area contributed by atoms with E-state index in [9.17, 15) is 4.21 Å². The molecule has 0 bridgehead atoms. The van der Waals surface area contributed by atoms with Crippen molar-refractivity contribution in [1.82, 2.24) is 5.32 Å². The van der Waals surface area contributed by atoms with E-state index in [1.54, 1.807) is 0 Å². The van der Waals surface area contributed by atoms with Crippen LogP contribution in [-0.4, -0.2) is 22.3 Å². The van der Waals surface area contributed by atoms with Gasteiger partial charge in [-0.2, -0.15) is 0 Å². The van der Waals surface area contributed by atoms with E-state index in [4.69, 9.17) is 0 Å². The lowest BCUT2D eigenvalue weighted by Gasteiger charge is -2.20. The third-order valence-electron chi connectivity index (χ3n) is 3.29. The van der Waals surface area contributed by atoms with Gasteiger partial charge in [0.25, 0.3) is 0 Å². The quantitative estimate of drug-likeness (QED) is 0.791. The maximum absolute atomic E-state index is 12.2. The maximum atomic E-state index is 12.2. The molecule has 3 heteroatoms. The first-order valence-electron chi connectivity index (χ1n) is 7.18. The molecule has 1 aromatic rings. The summed E-state index contributed by atoms with van der Waals surface area (Å²) in [6.07, 6.45) is 1.04.